The standard InChI is InChI=1S/C57H37NO/c1-3-15-37(16-4-1)53-45-27-25-38(43-23-11-17-35-13-7-9-21-41(35)43)33-49(45)54-48(53)29-28-46-47-30-32-52-55(57(47)59-56(46)54)50-34-39(44-24-12-18-36-14-8-10-22-42(36)44)26-31-51(50)58(52)40-19-5-2-6-20-40/h1,3-5,7-34,53H,2,6H2. The molecule has 11 aromatic rings. The van der Waals surface area contributed by atoms with Crippen molar-refractivity contribution in [3.8, 4) is 33.4 Å². The first kappa shape index (κ1) is 32.6. The smallest absolute Gasteiger partial charge is 0.145 e. The first-order valence-electron chi connectivity index (χ1n) is 20.8. The van der Waals surface area contributed by atoms with Crippen molar-refractivity contribution in [1.82, 2.24) is 4.57 Å². The van der Waals surface area contributed by atoms with E-state index >= 15 is 0 Å². The van der Waals surface area contributed by atoms with Crippen LogP contribution >= 0.6 is 0 Å². The van der Waals surface area contributed by atoms with E-state index in [9.17, 15) is 0 Å². The van der Waals surface area contributed by atoms with E-state index in [1.54, 1.807) is 0 Å². The van der Waals surface area contributed by atoms with Crippen LogP contribution in [0.5, 0.6) is 0 Å². The lowest BCUT2D eigenvalue weighted by Crippen LogP contribution is -1.98. The molecule has 0 aliphatic heterocycles. The molecule has 0 spiro atoms. The van der Waals surface area contributed by atoms with Crippen molar-refractivity contribution in [3.63, 3.8) is 0 Å². The lowest BCUT2D eigenvalue weighted by atomic mass is 9.88. The maximum Gasteiger partial charge on any atom is 0.145 e. The zero-order valence-electron chi connectivity index (χ0n) is 32.3. The largest absolute Gasteiger partial charge is 0.455 e. The quantitative estimate of drug-likeness (QED) is 0.175. The number of fused-ring (bicyclic) bond motifs is 13. The van der Waals surface area contributed by atoms with Crippen molar-refractivity contribution < 1.29 is 4.42 Å². The second-order valence-electron chi connectivity index (χ2n) is 16.2. The monoisotopic (exact) mass is 751 g/mol. The average molecular weight is 752 g/mol. The summed E-state index contributed by atoms with van der Waals surface area (Å²) in [6, 6.07) is 65.0. The molecular weight excluding hydrogens is 715 g/mol. The molecule has 2 aliphatic carbocycles. The third-order valence-corrected chi connectivity index (χ3v) is 13.1. The van der Waals surface area contributed by atoms with Crippen LogP contribution in [0.3, 0.4) is 0 Å². The molecule has 59 heavy (non-hydrogen) atoms. The molecule has 0 fully saturated rings. The highest BCUT2D eigenvalue weighted by atomic mass is 16.3. The molecule has 2 heteroatoms. The van der Waals surface area contributed by atoms with E-state index in [1.165, 1.54) is 88.2 Å². The van der Waals surface area contributed by atoms with Crippen LogP contribution in [0.2, 0.25) is 0 Å². The molecule has 0 radical (unpaired) electrons. The fourth-order valence-electron chi connectivity index (χ4n) is 10.5. The number of hydrogen-bond donors (Lipinski definition) is 0. The van der Waals surface area contributed by atoms with Crippen LogP contribution in [0.25, 0.3) is 104 Å². The third kappa shape index (κ3) is 4.75. The third-order valence-electron chi connectivity index (χ3n) is 13.1. The normalized spacial score (nSPS) is 14.8. The molecule has 2 nitrogen and oxygen atoms in total. The predicted octanol–water partition coefficient (Wildman–Crippen LogP) is 15.7. The molecule has 2 aromatic heterocycles. The highest BCUT2D eigenvalue weighted by Gasteiger charge is 2.34. The van der Waals surface area contributed by atoms with Crippen LogP contribution in [-0.2, 0) is 0 Å². The summed E-state index contributed by atoms with van der Waals surface area (Å²) in [5.41, 5.74) is 16.7. The van der Waals surface area contributed by atoms with E-state index in [1.807, 2.05) is 0 Å². The van der Waals surface area contributed by atoms with E-state index in [-0.39, 0.29) is 5.92 Å². The van der Waals surface area contributed by atoms with Gasteiger partial charge in [-0.2, -0.15) is 0 Å². The Kier molecular flexibility index (Phi) is 6.94. The SMILES string of the molecule is C1=CC(n2c3ccc(-c4cccc5ccccc45)cc3c3c4oc5c6c(ccc5c4ccc32)C(c2ccccc2)c2ccc(-c3cccc4ccccc34)cc2-6)=CCC1. The van der Waals surface area contributed by atoms with Gasteiger partial charge in [-0.05, 0) is 115 Å². The van der Waals surface area contributed by atoms with Gasteiger partial charge in [0.25, 0.3) is 0 Å². The summed E-state index contributed by atoms with van der Waals surface area (Å²) in [6.45, 7) is 0. The summed E-state index contributed by atoms with van der Waals surface area (Å²) in [5, 5.41) is 9.68. The lowest BCUT2D eigenvalue weighted by molar-refractivity contribution is 0.673. The first-order valence-corrected chi connectivity index (χ1v) is 20.8. The highest BCUT2D eigenvalue weighted by Crippen LogP contribution is 2.54. The number of furan rings is 1. The minimum absolute atomic E-state index is 0.107. The Morgan fingerprint density at radius 2 is 1.10 bits per heavy atom. The average Bonchev–Trinajstić information content (AvgIpc) is 3.96. The zero-order valence-corrected chi connectivity index (χ0v) is 32.3. The van der Waals surface area contributed by atoms with E-state index in [0.29, 0.717) is 0 Å². The second kappa shape index (κ2) is 12.5. The first-order chi connectivity index (χ1) is 29.3. The summed E-state index contributed by atoms with van der Waals surface area (Å²) < 4.78 is 9.89. The summed E-state index contributed by atoms with van der Waals surface area (Å²) in [4.78, 5) is 0. The van der Waals surface area contributed by atoms with Crippen molar-refractivity contribution in [2.45, 2.75) is 18.8 Å². The molecule has 276 valence electrons. The summed E-state index contributed by atoms with van der Waals surface area (Å²) in [6.07, 6.45) is 9.06. The summed E-state index contributed by atoms with van der Waals surface area (Å²) in [5.74, 6) is 0.107. The highest BCUT2D eigenvalue weighted by molar-refractivity contribution is 6.26. The number of hydrogen-bond acceptors (Lipinski definition) is 1. The van der Waals surface area contributed by atoms with Crippen LogP contribution in [0.15, 0.2) is 199 Å². The van der Waals surface area contributed by atoms with Gasteiger partial charge in [0.2, 0.25) is 0 Å². The van der Waals surface area contributed by atoms with E-state index in [2.05, 4.69) is 199 Å². The topological polar surface area (TPSA) is 18.1 Å². The molecule has 0 bridgehead atoms. The number of allylic oxidation sites excluding steroid dienone is 4. The van der Waals surface area contributed by atoms with Gasteiger partial charge in [-0.15, -0.1) is 0 Å². The summed E-state index contributed by atoms with van der Waals surface area (Å²) in [7, 11) is 0. The van der Waals surface area contributed by atoms with Crippen molar-refractivity contribution in [3.05, 3.63) is 211 Å². The van der Waals surface area contributed by atoms with Gasteiger partial charge < -0.3 is 8.98 Å². The predicted molar refractivity (Wildman–Crippen MR) is 248 cm³/mol. The molecule has 0 saturated carbocycles. The van der Waals surface area contributed by atoms with Gasteiger partial charge in [0, 0.05) is 33.3 Å². The van der Waals surface area contributed by atoms with Crippen molar-refractivity contribution in [2.24, 2.45) is 0 Å². The molecule has 13 rings (SSSR count). The number of aromatic nitrogens is 1. The fourth-order valence-corrected chi connectivity index (χ4v) is 10.5. The Morgan fingerprint density at radius 3 is 1.86 bits per heavy atom. The minimum atomic E-state index is 0.107. The second-order valence-corrected chi connectivity index (χ2v) is 16.2. The van der Waals surface area contributed by atoms with Gasteiger partial charge in [0.1, 0.15) is 11.2 Å². The number of benzene rings is 9. The molecule has 0 N–H and O–H groups in total. The van der Waals surface area contributed by atoms with Crippen LogP contribution in [0.1, 0.15) is 35.4 Å². The van der Waals surface area contributed by atoms with Crippen LogP contribution in [0.4, 0.5) is 0 Å². The number of nitrogens with zero attached hydrogens (tertiary/aromatic N) is 1. The van der Waals surface area contributed by atoms with Gasteiger partial charge in [0.15, 0.2) is 0 Å². The molecule has 9 aromatic carbocycles. The Hall–Kier alpha value is -7.42. The maximum atomic E-state index is 7.44. The Balaban J connectivity index is 1.11. The van der Waals surface area contributed by atoms with E-state index < -0.39 is 0 Å². The van der Waals surface area contributed by atoms with Crippen LogP contribution < -0.4 is 0 Å². The van der Waals surface area contributed by atoms with Gasteiger partial charge >= 0.3 is 0 Å². The van der Waals surface area contributed by atoms with Crippen LogP contribution in [0, 0.1) is 0 Å². The van der Waals surface area contributed by atoms with E-state index in [0.717, 1.165) is 45.7 Å². The molecule has 0 saturated heterocycles. The van der Waals surface area contributed by atoms with Crippen LogP contribution in [-0.4, -0.2) is 4.57 Å². The molecule has 1 unspecified atom stereocenters. The van der Waals surface area contributed by atoms with E-state index in [4.69, 9.17) is 4.42 Å². The summed E-state index contributed by atoms with van der Waals surface area (Å²) >= 11 is 0. The number of rotatable bonds is 4. The molecule has 2 aliphatic rings. The van der Waals surface area contributed by atoms with Gasteiger partial charge in [-0.3, -0.25) is 0 Å². The lowest BCUT2D eigenvalue weighted by Gasteiger charge is -2.15. The van der Waals surface area contributed by atoms with Gasteiger partial charge in [0.05, 0.1) is 16.4 Å². The maximum absolute atomic E-state index is 7.44. The van der Waals surface area contributed by atoms with Gasteiger partial charge in [-0.25, -0.2) is 0 Å². The fraction of sp³-hybridized carbons (Fsp3) is 0.0526. The molecule has 2 heterocycles. The Bertz CT molecular complexity index is 3600. The molecule has 1 atom stereocenters. The van der Waals surface area contributed by atoms with Crippen molar-refractivity contribution in [2.75, 3.05) is 0 Å². The minimum Gasteiger partial charge on any atom is -0.455 e. The Labute approximate surface area is 341 Å². The zero-order chi connectivity index (χ0) is 38.6. The Morgan fingerprint density at radius 1 is 0.458 bits per heavy atom. The van der Waals surface area contributed by atoms with Crippen molar-refractivity contribution in [1.29, 1.82) is 0 Å². The van der Waals surface area contributed by atoms with Gasteiger partial charge in [-0.1, -0.05) is 158 Å². The molecule has 0 amide bonds. The van der Waals surface area contributed by atoms with Crippen molar-refractivity contribution >= 4 is 71.0 Å². The molecular formula is C57H37NO.